The fraction of sp³-hybridized carbons (Fsp3) is 0.0909. The Hall–Kier alpha value is -1.46. The SMILES string of the molecule is Cc1n[n+]2c(O)c(-c3ccccc3)sc2s1. The third-order valence-electron chi connectivity index (χ3n) is 2.28. The molecule has 2 heterocycles. The van der Waals surface area contributed by atoms with E-state index in [0.29, 0.717) is 0 Å². The molecule has 0 aliphatic carbocycles. The van der Waals surface area contributed by atoms with Gasteiger partial charge in [-0.05, 0) is 29.6 Å². The minimum absolute atomic E-state index is 0.232. The highest BCUT2D eigenvalue weighted by molar-refractivity contribution is 7.36. The van der Waals surface area contributed by atoms with Crippen LogP contribution in [0.25, 0.3) is 14.6 Å². The molecule has 0 amide bonds. The second-order valence-electron chi connectivity index (χ2n) is 3.42. The lowest BCUT2D eigenvalue weighted by atomic mass is 10.2. The highest BCUT2D eigenvalue weighted by Crippen LogP contribution is 2.35. The van der Waals surface area contributed by atoms with Crippen LogP contribution in [0.15, 0.2) is 30.3 Å². The fourth-order valence-corrected chi connectivity index (χ4v) is 3.76. The predicted molar refractivity (Wildman–Crippen MR) is 65.0 cm³/mol. The Morgan fingerprint density at radius 3 is 2.62 bits per heavy atom. The van der Waals surface area contributed by atoms with Crippen LogP contribution in [-0.2, 0) is 0 Å². The van der Waals surface area contributed by atoms with E-state index in [1.807, 2.05) is 37.3 Å². The van der Waals surface area contributed by atoms with Gasteiger partial charge >= 0.3 is 10.0 Å². The minimum atomic E-state index is 0.232. The Balaban J connectivity index is 2.25. The van der Waals surface area contributed by atoms with Crippen molar-refractivity contribution in [2.75, 3.05) is 0 Å². The molecule has 0 bridgehead atoms. The molecule has 5 heteroatoms. The fourth-order valence-electron chi connectivity index (χ4n) is 1.58. The Morgan fingerprint density at radius 1 is 1.19 bits per heavy atom. The van der Waals surface area contributed by atoms with Crippen molar-refractivity contribution in [3.8, 4) is 16.3 Å². The molecular weight excluding hydrogens is 240 g/mol. The first-order chi connectivity index (χ1) is 7.75. The van der Waals surface area contributed by atoms with Gasteiger partial charge in [-0.2, -0.15) is 0 Å². The lowest BCUT2D eigenvalue weighted by Gasteiger charge is -1.91. The molecule has 3 rings (SSSR count). The van der Waals surface area contributed by atoms with Crippen molar-refractivity contribution in [3.05, 3.63) is 35.3 Å². The second-order valence-corrected chi connectivity index (χ2v) is 5.86. The van der Waals surface area contributed by atoms with Crippen molar-refractivity contribution >= 4 is 26.8 Å². The van der Waals surface area contributed by atoms with Crippen molar-refractivity contribution in [1.29, 1.82) is 0 Å². The maximum Gasteiger partial charge on any atom is 0.417 e. The summed E-state index contributed by atoms with van der Waals surface area (Å²) in [5.74, 6) is 0.232. The number of nitrogens with zero attached hydrogens (tertiary/aromatic N) is 2. The third-order valence-corrected chi connectivity index (χ3v) is 4.47. The van der Waals surface area contributed by atoms with Crippen LogP contribution in [0.2, 0.25) is 0 Å². The standard InChI is InChI=1S/C11H8N2OS2/c1-7-12-13-10(14)9(16-11(13)15-7)8-5-3-2-4-6-8/h2-6H,1H3/p+1. The zero-order valence-corrected chi connectivity index (χ0v) is 10.2. The molecule has 2 aromatic heterocycles. The summed E-state index contributed by atoms with van der Waals surface area (Å²) in [5.41, 5.74) is 1.03. The smallest absolute Gasteiger partial charge is 0.417 e. The Morgan fingerprint density at radius 2 is 1.94 bits per heavy atom. The van der Waals surface area contributed by atoms with Gasteiger partial charge in [0, 0.05) is 15.2 Å². The van der Waals surface area contributed by atoms with Gasteiger partial charge in [-0.15, -0.1) is 0 Å². The molecule has 3 aromatic rings. The van der Waals surface area contributed by atoms with Gasteiger partial charge in [-0.3, -0.25) is 0 Å². The molecule has 0 saturated heterocycles. The van der Waals surface area contributed by atoms with Crippen LogP contribution in [-0.4, -0.2) is 10.2 Å². The summed E-state index contributed by atoms with van der Waals surface area (Å²) >= 11 is 3.16. The molecule has 3 nitrogen and oxygen atoms in total. The quantitative estimate of drug-likeness (QED) is 0.673. The number of aromatic nitrogens is 2. The number of aromatic hydroxyl groups is 1. The van der Waals surface area contributed by atoms with Crippen LogP contribution in [0.1, 0.15) is 5.01 Å². The Bertz CT molecular complexity index is 643. The van der Waals surface area contributed by atoms with Crippen molar-refractivity contribution in [2.24, 2.45) is 0 Å². The van der Waals surface area contributed by atoms with Gasteiger partial charge < -0.3 is 5.11 Å². The number of thiazole rings is 1. The van der Waals surface area contributed by atoms with E-state index >= 15 is 0 Å². The van der Waals surface area contributed by atoms with E-state index < -0.39 is 0 Å². The molecule has 0 aliphatic heterocycles. The zero-order chi connectivity index (χ0) is 11.1. The van der Waals surface area contributed by atoms with Gasteiger partial charge in [0.25, 0.3) is 0 Å². The van der Waals surface area contributed by atoms with E-state index in [2.05, 4.69) is 5.10 Å². The average Bonchev–Trinajstić information content (AvgIpc) is 2.79. The van der Waals surface area contributed by atoms with Crippen molar-refractivity contribution in [2.45, 2.75) is 6.92 Å². The summed E-state index contributed by atoms with van der Waals surface area (Å²) in [6.07, 6.45) is 0. The minimum Gasteiger partial charge on any atom is -0.457 e. The van der Waals surface area contributed by atoms with E-state index in [-0.39, 0.29) is 5.88 Å². The number of aryl methyl sites for hydroxylation is 1. The highest BCUT2D eigenvalue weighted by atomic mass is 32.2. The third kappa shape index (κ3) is 1.40. The van der Waals surface area contributed by atoms with Crippen LogP contribution in [0.5, 0.6) is 5.88 Å². The molecule has 0 spiro atoms. The molecule has 0 saturated carbocycles. The summed E-state index contributed by atoms with van der Waals surface area (Å²) in [6.45, 7) is 1.94. The van der Waals surface area contributed by atoms with E-state index in [1.54, 1.807) is 27.2 Å². The van der Waals surface area contributed by atoms with Gasteiger partial charge in [0.15, 0.2) is 9.88 Å². The molecular formula is C11H9N2OS2+. The molecule has 0 fully saturated rings. The van der Waals surface area contributed by atoms with Crippen LogP contribution < -0.4 is 4.52 Å². The van der Waals surface area contributed by atoms with E-state index in [9.17, 15) is 5.11 Å². The molecule has 1 N–H and O–H groups in total. The number of hydrogen-bond acceptors (Lipinski definition) is 4. The largest absolute Gasteiger partial charge is 0.457 e. The maximum atomic E-state index is 10.1. The number of fused-ring (bicyclic) bond motifs is 1. The molecule has 16 heavy (non-hydrogen) atoms. The predicted octanol–water partition coefficient (Wildman–Crippen LogP) is 2.62. The Kier molecular flexibility index (Phi) is 2.15. The molecule has 0 atom stereocenters. The number of rotatable bonds is 1. The van der Waals surface area contributed by atoms with Gasteiger partial charge in [0.1, 0.15) is 0 Å². The first-order valence-electron chi connectivity index (χ1n) is 4.82. The normalized spacial score (nSPS) is 11.1. The number of hydrogen-bond donors (Lipinski definition) is 1. The van der Waals surface area contributed by atoms with Crippen LogP contribution in [0, 0.1) is 6.92 Å². The van der Waals surface area contributed by atoms with Crippen molar-refractivity contribution < 1.29 is 9.62 Å². The van der Waals surface area contributed by atoms with Gasteiger partial charge in [-0.25, -0.2) is 0 Å². The summed E-state index contributed by atoms with van der Waals surface area (Å²) in [4.78, 5) is 0.874. The lowest BCUT2D eigenvalue weighted by Crippen LogP contribution is -2.19. The molecule has 0 radical (unpaired) electrons. The zero-order valence-electron chi connectivity index (χ0n) is 8.54. The lowest BCUT2D eigenvalue weighted by molar-refractivity contribution is -0.580. The summed E-state index contributed by atoms with van der Waals surface area (Å²) < 4.78 is 2.61. The molecule has 0 unspecified atom stereocenters. The second kappa shape index (κ2) is 3.54. The Labute approximate surface area is 100 Å². The summed E-state index contributed by atoms with van der Waals surface area (Å²) in [7, 11) is 0. The van der Waals surface area contributed by atoms with E-state index in [4.69, 9.17) is 0 Å². The van der Waals surface area contributed by atoms with Crippen molar-refractivity contribution in [1.82, 2.24) is 5.10 Å². The molecule has 1 aromatic carbocycles. The van der Waals surface area contributed by atoms with Crippen molar-refractivity contribution in [3.63, 3.8) is 0 Å². The van der Waals surface area contributed by atoms with Crippen LogP contribution in [0.3, 0.4) is 0 Å². The number of benzene rings is 1. The summed E-state index contributed by atoms with van der Waals surface area (Å²) in [5, 5.41) is 15.3. The topological polar surface area (TPSA) is 37.2 Å². The summed E-state index contributed by atoms with van der Waals surface area (Å²) in [6, 6.07) is 9.87. The van der Waals surface area contributed by atoms with Gasteiger partial charge in [0.05, 0.1) is 0 Å². The molecule has 0 aliphatic rings. The molecule has 80 valence electrons. The van der Waals surface area contributed by atoms with Crippen LogP contribution in [0.4, 0.5) is 0 Å². The monoisotopic (exact) mass is 249 g/mol. The van der Waals surface area contributed by atoms with E-state index in [0.717, 1.165) is 19.6 Å². The van der Waals surface area contributed by atoms with Crippen LogP contribution >= 0.6 is 22.7 Å². The first-order valence-corrected chi connectivity index (χ1v) is 6.45. The first kappa shape index (κ1) is 9.74. The average molecular weight is 249 g/mol. The van der Waals surface area contributed by atoms with E-state index in [1.165, 1.54) is 0 Å². The van der Waals surface area contributed by atoms with Gasteiger partial charge in [0.2, 0.25) is 0 Å². The van der Waals surface area contributed by atoms with Gasteiger partial charge in [-0.1, -0.05) is 30.3 Å². The maximum absolute atomic E-state index is 10.1. The highest BCUT2D eigenvalue weighted by Gasteiger charge is 2.25.